The number of fused-ring (bicyclic) bond motifs is 1. The van der Waals surface area contributed by atoms with E-state index in [0.29, 0.717) is 12.8 Å². The van der Waals surface area contributed by atoms with Crippen molar-refractivity contribution in [3.63, 3.8) is 0 Å². The number of nitrogens with one attached hydrogen (secondary N) is 1. The minimum atomic E-state index is 0.231. The molecule has 0 unspecified atom stereocenters. The standard InChI is InChI=1S/C14H19N3O/c1-3-15-9-8-11(18)10-14-16-12-6-4-5-7-13(12)17(14)2/h4-7,15H,3,8-10H2,1-2H3. The van der Waals surface area contributed by atoms with E-state index in [1.54, 1.807) is 0 Å². The van der Waals surface area contributed by atoms with Crippen molar-refractivity contribution in [3.05, 3.63) is 30.1 Å². The van der Waals surface area contributed by atoms with E-state index in [1.165, 1.54) is 0 Å². The third-order valence-corrected chi connectivity index (χ3v) is 3.07. The van der Waals surface area contributed by atoms with Crippen LogP contribution >= 0.6 is 0 Å². The number of ketones is 1. The Morgan fingerprint density at radius 3 is 2.89 bits per heavy atom. The van der Waals surface area contributed by atoms with Crippen LogP contribution in [0, 0.1) is 0 Å². The molecular weight excluding hydrogens is 226 g/mol. The molecule has 0 fully saturated rings. The van der Waals surface area contributed by atoms with Crippen LogP contribution in [-0.4, -0.2) is 28.4 Å². The molecule has 0 aliphatic rings. The molecule has 0 aliphatic heterocycles. The quantitative estimate of drug-likeness (QED) is 0.788. The first-order valence-electron chi connectivity index (χ1n) is 6.35. The predicted octanol–water partition coefficient (Wildman–Crippen LogP) is 1.68. The van der Waals surface area contributed by atoms with Crippen molar-refractivity contribution in [2.45, 2.75) is 19.8 Å². The summed E-state index contributed by atoms with van der Waals surface area (Å²) in [5.74, 6) is 1.08. The van der Waals surface area contributed by atoms with E-state index in [9.17, 15) is 4.79 Å². The molecule has 1 aromatic carbocycles. The maximum absolute atomic E-state index is 11.8. The second-order valence-electron chi connectivity index (χ2n) is 4.39. The molecule has 4 heteroatoms. The van der Waals surface area contributed by atoms with Crippen LogP contribution in [0.2, 0.25) is 0 Å². The SMILES string of the molecule is CCNCCC(=O)Cc1nc2ccccc2n1C. The minimum absolute atomic E-state index is 0.231. The molecule has 0 amide bonds. The second-order valence-corrected chi connectivity index (χ2v) is 4.39. The lowest BCUT2D eigenvalue weighted by atomic mass is 10.2. The predicted molar refractivity (Wildman–Crippen MR) is 72.6 cm³/mol. The van der Waals surface area contributed by atoms with Gasteiger partial charge >= 0.3 is 0 Å². The van der Waals surface area contributed by atoms with Gasteiger partial charge in [0.2, 0.25) is 0 Å². The molecule has 0 aliphatic carbocycles. The number of para-hydroxylation sites is 2. The summed E-state index contributed by atoms with van der Waals surface area (Å²) in [7, 11) is 1.96. The summed E-state index contributed by atoms with van der Waals surface area (Å²) in [6, 6.07) is 7.95. The first-order chi connectivity index (χ1) is 8.72. The smallest absolute Gasteiger partial charge is 0.141 e. The molecule has 18 heavy (non-hydrogen) atoms. The normalized spacial score (nSPS) is 11.0. The van der Waals surface area contributed by atoms with Crippen LogP contribution in [0.4, 0.5) is 0 Å². The highest BCUT2D eigenvalue weighted by atomic mass is 16.1. The Kier molecular flexibility index (Phi) is 4.10. The Labute approximate surface area is 107 Å². The molecule has 2 aromatic rings. The molecule has 0 saturated carbocycles. The average Bonchev–Trinajstić information content (AvgIpc) is 2.67. The third-order valence-electron chi connectivity index (χ3n) is 3.07. The fraction of sp³-hybridized carbons (Fsp3) is 0.429. The van der Waals surface area contributed by atoms with Crippen LogP contribution in [0.15, 0.2) is 24.3 Å². The highest BCUT2D eigenvalue weighted by Crippen LogP contribution is 2.14. The molecule has 1 N–H and O–H groups in total. The van der Waals surface area contributed by atoms with Gasteiger partial charge < -0.3 is 9.88 Å². The molecule has 1 aromatic heterocycles. The lowest BCUT2D eigenvalue weighted by Gasteiger charge is -2.02. The van der Waals surface area contributed by atoms with Gasteiger partial charge in [0.05, 0.1) is 17.5 Å². The Morgan fingerprint density at radius 2 is 2.17 bits per heavy atom. The van der Waals surface area contributed by atoms with E-state index >= 15 is 0 Å². The van der Waals surface area contributed by atoms with Gasteiger partial charge in [-0.05, 0) is 18.7 Å². The summed E-state index contributed by atoms with van der Waals surface area (Å²) in [5, 5.41) is 3.16. The average molecular weight is 245 g/mol. The zero-order chi connectivity index (χ0) is 13.0. The van der Waals surface area contributed by atoms with Gasteiger partial charge in [0.25, 0.3) is 0 Å². The van der Waals surface area contributed by atoms with Crippen molar-refractivity contribution in [1.82, 2.24) is 14.9 Å². The maximum atomic E-state index is 11.8. The zero-order valence-electron chi connectivity index (χ0n) is 10.9. The fourth-order valence-corrected chi connectivity index (χ4v) is 2.02. The molecule has 0 saturated heterocycles. The monoisotopic (exact) mass is 245 g/mol. The summed E-state index contributed by atoms with van der Waals surface area (Å²) in [6.45, 7) is 3.69. The van der Waals surface area contributed by atoms with Crippen LogP contribution in [0.3, 0.4) is 0 Å². The topological polar surface area (TPSA) is 46.9 Å². The van der Waals surface area contributed by atoms with Gasteiger partial charge in [-0.3, -0.25) is 4.79 Å². The highest BCUT2D eigenvalue weighted by Gasteiger charge is 2.11. The Morgan fingerprint density at radius 1 is 1.39 bits per heavy atom. The van der Waals surface area contributed by atoms with Gasteiger partial charge in [-0.1, -0.05) is 19.1 Å². The van der Waals surface area contributed by atoms with Gasteiger partial charge in [0, 0.05) is 20.0 Å². The van der Waals surface area contributed by atoms with Gasteiger partial charge in [-0.25, -0.2) is 4.98 Å². The summed E-state index contributed by atoms with van der Waals surface area (Å²) >= 11 is 0. The van der Waals surface area contributed by atoms with E-state index in [0.717, 1.165) is 29.9 Å². The molecule has 0 atom stereocenters. The van der Waals surface area contributed by atoms with Crippen molar-refractivity contribution in [2.75, 3.05) is 13.1 Å². The van der Waals surface area contributed by atoms with Gasteiger partial charge in [-0.2, -0.15) is 0 Å². The van der Waals surface area contributed by atoms with E-state index in [1.807, 2.05) is 42.8 Å². The van der Waals surface area contributed by atoms with Crippen LogP contribution in [-0.2, 0) is 18.3 Å². The van der Waals surface area contributed by atoms with Crippen molar-refractivity contribution >= 4 is 16.8 Å². The van der Waals surface area contributed by atoms with Crippen molar-refractivity contribution in [2.24, 2.45) is 7.05 Å². The second kappa shape index (κ2) is 5.78. The summed E-state index contributed by atoms with van der Waals surface area (Å²) < 4.78 is 2.00. The van der Waals surface area contributed by atoms with Crippen molar-refractivity contribution in [1.29, 1.82) is 0 Å². The molecule has 2 rings (SSSR count). The van der Waals surface area contributed by atoms with Crippen molar-refractivity contribution < 1.29 is 4.79 Å². The maximum Gasteiger partial charge on any atom is 0.141 e. The van der Waals surface area contributed by atoms with Gasteiger partial charge in [0.15, 0.2) is 0 Å². The number of nitrogens with zero attached hydrogens (tertiary/aromatic N) is 2. The number of aryl methyl sites for hydroxylation is 1. The number of carbonyl (C=O) groups is 1. The van der Waals surface area contributed by atoms with Crippen LogP contribution < -0.4 is 5.32 Å². The lowest BCUT2D eigenvalue weighted by Crippen LogP contribution is -2.19. The van der Waals surface area contributed by atoms with E-state index in [-0.39, 0.29) is 5.78 Å². The van der Waals surface area contributed by atoms with Gasteiger partial charge in [-0.15, -0.1) is 0 Å². The van der Waals surface area contributed by atoms with Crippen LogP contribution in [0.25, 0.3) is 11.0 Å². The minimum Gasteiger partial charge on any atom is -0.331 e. The molecule has 0 spiro atoms. The lowest BCUT2D eigenvalue weighted by molar-refractivity contribution is -0.118. The molecular formula is C14H19N3O. The Bertz CT molecular complexity index is 545. The first kappa shape index (κ1) is 12.8. The molecule has 0 bridgehead atoms. The fourth-order valence-electron chi connectivity index (χ4n) is 2.02. The number of hydrogen-bond donors (Lipinski definition) is 1. The highest BCUT2D eigenvalue weighted by molar-refractivity contribution is 5.82. The number of Topliss-reactive ketones (excluding diaryl/α,β-unsaturated/α-hetero) is 1. The number of carbonyl (C=O) groups excluding carboxylic acids is 1. The van der Waals surface area contributed by atoms with Crippen LogP contribution in [0.5, 0.6) is 0 Å². The third kappa shape index (κ3) is 2.76. The summed E-state index contributed by atoms with van der Waals surface area (Å²) in [6.07, 6.45) is 0.980. The number of aromatic nitrogens is 2. The number of hydrogen-bond acceptors (Lipinski definition) is 3. The zero-order valence-corrected chi connectivity index (χ0v) is 10.9. The number of imidazole rings is 1. The van der Waals surface area contributed by atoms with E-state index in [2.05, 4.69) is 10.3 Å². The molecule has 4 nitrogen and oxygen atoms in total. The largest absolute Gasteiger partial charge is 0.331 e. The van der Waals surface area contributed by atoms with Crippen LogP contribution in [0.1, 0.15) is 19.2 Å². The summed E-state index contributed by atoms with van der Waals surface area (Å²) in [5.41, 5.74) is 2.03. The first-order valence-corrected chi connectivity index (χ1v) is 6.35. The van der Waals surface area contributed by atoms with E-state index in [4.69, 9.17) is 0 Å². The molecule has 0 radical (unpaired) electrons. The molecule has 1 heterocycles. The van der Waals surface area contributed by atoms with Gasteiger partial charge in [0.1, 0.15) is 11.6 Å². The Balaban J connectivity index is 2.07. The number of benzene rings is 1. The van der Waals surface area contributed by atoms with Crippen molar-refractivity contribution in [3.8, 4) is 0 Å². The Hall–Kier alpha value is -1.68. The summed E-state index contributed by atoms with van der Waals surface area (Å²) in [4.78, 5) is 16.3. The van der Waals surface area contributed by atoms with E-state index < -0.39 is 0 Å². The number of rotatable bonds is 6. The molecule has 96 valence electrons.